The zero-order valence-electron chi connectivity index (χ0n) is 11.0. The summed E-state index contributed by atoms with van der Waals surface area (Å²) in [7, 11) is 0. The highest BCUT2D eigenvalue weighted by Crippen LogP contribution is 2.18. The highest BCUT2D eigenvalue weighted by atomic mass is 79.9. The lowest BCUT2D eigenvalue weighted by molar-refractivity contribution is 0.0938. The largest absolute Gasteiger partial charge is 0.361 e. The molecule has 0 saturated carbocycles. The molecule has 5 heteroatoms. The second-order valence-electron chi connectivity index (χ2n) is 4.45. The summed E-state index contributed by atoms with van der Waals surface area (Å²) >= 11 is 3.39. The molecule has 1 atom stereocenters. The van der Waals surface area contributed by atoms with Crippen LogP contribution < -0.4 is 5.32 Å². The molecule has 1 aromatic heterocycles. The van der Waals surface area contributed by atoms with Gasteiger partial charge in [0, 0.05) is 4.47 Å². The lowest BCUT2D eigenvalue weighted by Crippen LogP contribution is -2.27. The van der Waals surface area contributed by atoms with Crippen molar-refractivity contribution in [3.8, 4) is 0 Å². The summed E-state index contributed by atoms with van der Waals surface area (Å²) in [5.41, 5.74) is 2.17. The molecule has 0 aliphatic heterocycles. The number of carbonyl (C=O) groups is 1. The Kier molecular flexibility index (Phi) is 4.04. The van der Waals surface area contributed by atoms with Gasteiger partial charge in [-0.3, -0.25) is 4.79 Å². The van der Waals surface area contributed by atoms with E-state index >= 15 is 0 Å². The number of hydrogen-bond acceptors (Lipinski definition) is 3. The first-order valence-corrected chi connectivity index (χ1v) is 6.77. The van der Waals surface area contributed by atoms with Crippen molar-refractivity contribution in [2.45, 2.75) is 26.8 Å². The van der Waals surface area contributed by atoms with Crippen LogP contribution in [0.5, 0.6) is 0 Å². The van der Waals surface area contributed by atoms with E-state index in [-0.39, 0.29) is 11.9 Å². The van der Waals surface area contributed by atoms with Crippen LogP contribution in [0.15, 0.2) is 33.3 Å². The second-order valence-corrected chi connectivity index (χ2v) is 5.36. The number of nitrogens with zero attached hydrogens (tertiary/aromatic N) is 1. The molecule has 0 saturated heterocycles. The molecule has 0 radical (unpaired) electrons. The predicted octanol–water partition coefficient (Wildman–Crippen LogP) is 3.54. The zero-order valence-corrected chi connectivity index (χ0v) is 12.6. The molecule has 1 heterocycles. The molecule has 0 aliphatic carbocycles. The van der Waals surface area contributed by atoms with Crippen molar-refractivity contribution >= 4 is 21.8 Å². The lowest BCUT2D eigenvalue weighted by atomic mass is 10.1. The molecule has 4 nitrogen and oxygen atoms in total. The zero-order chi connectivity index (χ0) is 14.0. The Morgan fingerprint density at radius 3 is 2.47 bits per heavy atom. The maximum absolute atomic E-state index is 12.2. The number of aromatic nitrogens is 1. The summed E-state index contributed by atoms with van der Waals surface area (Å²) in [5, 5.41) is 6.73. The molecule has 1 aromatic carbocycles. The molecule has 0 bridgehead atoms. The van der Waals surface area contributed by atoms with Crippen molar-refractivity contribution in [1.29, 1.82) is 0 Å². The first-order chi connectivity index (χ1) is 8.99. The standard InChI is InChI=1S/C14H15BrN2O2/c1-8(11-4-6-12(15)7-5-11)16-14(18)13-9(2)17-19-10(13)3/h4-8H,1-3H3,(H,16,18)/t8-/m1/s1. The number of aryl methyl sites for hydroxylation is 2. The quantitative estimate of drug-likeness (QED) is 0.940. The fourth-order valence-corrected chi connectivity index (χ4v) is 2.18. The Hall–Kier alpha value is -1.62. The Morgan fingerprint density at radius 2 is 1.95 bits per heavy atom. The van der Waals surface area contributed by atoms with Gasteiger partial charge in [-0.2, -0.15) is 0 Å². The average molecular weight is 323 g/mol. The summed E-state index contributed by atoms with van der Waals surface area (Å²) in [6.45, 7) is 5.44. The van der Waals surface area contributed by atoms with Gasteiger partial charge in [-0.1, -0.05) is 33.2 Å². The number of hydrogen-bond donors (Lipinski definition) is 1. The van der Waals surface area contributed by atoms with E-state index in [1.165, 1.54) is 0 Å². The maximum Gasteiger partial charge on any atom is 0.257 e. The normalized spacial score (nSPS) is 12.2. The molecular formula is C14H15BrN2O2. The summed E-state index contributed by atoms with van der Waals surface area (Å²) < 4.78 is 6.02. The van der Waals surface area contributed by atoms with Gasteiger partial charge in [0.25, 0.3) is 5.91 Å². The van der Waals surface area contributed by atoms with E-state index in [2.05, 4.69) is 26.4 Å². The molecule has 0 aliphatic rings. The second kappa shape index (κ2) is 5.57. The Morgan fingerprint density at radius 1 is 1.32 bits per heavy atom. The summed E-state index contributed by atoms with van der Waals surface area (Å²) in [4.78, 5) is 12.2. The van der Waals surface area contributed by atoms with E-state index < -0.39 is 0 Å². The molecule has 1 amide bonds. The molecule has 0 spiro atoms. The topological polar surface area (TPSA) is 55.1 Å². The fraction of sp³-hybridized carbons (Fsp3) is 0.286. The van der Waals surface area contributed by atoms with Crippen LogP contribution in [0.4, 0.5) is 0 Å². The molecule has 0 unspecified atom stereocenters. The van der Waals surface area contributed by atoms with Crippen LogP contribution in [-0.4, -0.2) is 11.1 Å². The number of nitrogens with one attached hydrogen (secondary N) is 1. The summed E-state index contributed by atoms with van der Waals surface area (Å²) in [6, 6.07) is 7.78. The smallest absolute Gasteiger partial charge is 0.257 e. The summed E-state index contributed by atoms with van der Waals surface area (Å²) in [5.74, 6) is 0.379. The minimum Gasteiger partial charge on any atom is -0.361 e. The van der Waals surface area contributed by atoms with Crippen LogP contribution in [0, 0.1) is 13.8 Å². The minimum atomic E-state index is -0.160. The Bertz CT molecular complexity index is 570. The highest BCUT2D eigenvalue weighted by Gasteiger charge is 2.19. The number of amides is 1. The number of rotatable bonds is 3. The van der Waals surface area contributed by atoms with E-state index in [1.54, 1.807) is 13.8 Å². The van der Waals surface area contributed by atoms with Crippen LogP contribution in [0.2, 0.25) is 0 Å². The van der Waals surface area contributed by atoms with Gasteiger partial charge < -0.3 is 9.84 Å². The van der Waals surface area contributed by atoms with Crippen LogP contribution in [0.1, 0.15) is 40.3 Å². The van der Waals surface area contributed by atoms with Crippen molar-refractivity contribution in [2.75, 3.05) is 0 Å². The number of carbonyl (C=O) groups excluding carboxylic acids is 1. The molecular weight excluding hydrogens is 308 g/mol. The van der Waals surface area contributed by atoms with Gasteiger partial charge in [-0.15, -0.1) is 0 Å². The lowest BCUT2D eigenvalue weighted by Gasteiger charge is -2.14. The van der Waals surface area contributed by atoms with Gasteiger partial charge in [-0.25, -0.2) is 0 Å². The molecule has 0 fully saturated rings. The molecule has 19 heavy (non-hydrogen) atoms. The van der Waals surface area contributed by atoms with Crippen LogP contribution in [-0.2, 0) is 0 Å². The monoisotopic (exact) mass is 322 g/mol. The maximum atomic E-state index is 12.2. The van der Waals surface area contributed by atoms with Crippen LogP contribution >= 0.6 is 15.9 Å². The van der Waals surface area contributed by atoms with Crippen molar-refractivity contribution < 1.29 is 9.32 Å². The van der Waals surface area contributed by atoms with Crippen molar-refractivity contribution in [1.82, 2.24) is 10.5 Å². The molecule has 1 N–H and O–H groups in total. The van der Waals surface area contributed by atoms with Gasteiger partial charge in [0.2, 0.25) is 0 Å². The average Bonchev–Trinajstić information content (AvgIpc) is 2.69. The van der Waals surface area contributed by atoms with E-state index in [9.17, 15) is 4.79 Å². The molecule has 2 rings (SSSR count). The number of halogens is 1. The van der Waals surface area contributed by atoms with E-state index in [1.807, 2.05) is 31.2 Å². The van der Waals surface area contributed by atoms with Crippen LogP contribution in [0.3, 0.4) is 0 Å². The van der Waals surface area contributed by atoms with E-state index in [4.69, 9.17) is 4.52 Å². The van der Waals surface area contributed by atoms with Crippen molar-refractivity contribution in [3.05, 3.63) is 51.3 Å². The fourth-order valence-electron chi connectivity index (χ4n) is 1.91. The van der Waals surface area contributed by atoms with Gasteiger partial charge in [0.15, 0.2) is 0 Å². The number of benzene rings is 1. The van der Waals surface area contributed by atoms with Gasteiger partial charge in [0.1, 0.15) is 11.3 Å². The Balaban J connectivity index is 2.13. The highest BCUT2D eigenvalue weighted by molar-refractivity contribution is 9.10. The third kappa shape index (κ3) is 3.04. The molecule has 2 aromatic rings. The first kappa shape index (κ1) is 13.8. The van der Waals surface area contributed by atoms with E-state index in [0.29, 0.717) is 17.0 Å². The third-order valence-corrected chi connectivity index (χ3v) is 3.51. The first-order valence-electron chi connectivity index (χ1n) is 5.98. The van der Waals surface area contributed by atoms with Gasteiger partial charge in [-0.05, 0) is 38.5 Å². The Labute approximate surface area is 120 Å². The van der Waals surface area contributed by atoms with E-state index in [0.717, 1.165) is 10.0 Å². The van der Waals surface area contributed by atoms with Gasteiger partial charge in [0.05, 0.1) is 11.7 Å². The van der Waals surface area contributed by atoms with Gasteiger partial charge >= 0.3 is 0 Å². The van der Waals surface area contributed by atoms with Crippen molar-refractivity contribution in [2.24, 2.45) is 0 Å². The molecule has 100 valence electrons. The summed E-state index contributed by atoms with van der Waals surface area (Å²) in [6.07, 6.45) is 0. The third-order valence-electron chi connectivity index (χ3n) is 2.98. The predicted molar refractivity (Wildman–Crippen MR) is 76.0 cm³/mol. The van der Waals surface area contributed by atoms with Crippen LogP contribution in [0.25, 0.3) is 0 Å². The van der Waals surface area contributed by atoms with Crippen molar-refractivity contribution in [3.63, 3.8) is 0 Å². The minimum absolute atomic E-state index is 0.0747. The SMILES string of the molecule is Cc1noc(C)c1C(=O)N[C@H](C)c1ccc(Br)cc1.